The van der Waals surface area contributed by atoms with Crippen LogP contribution in [0.1, 0.15) is 54.1 Å². The molecule has 1 aliphatic heterocycles. The first-order valence-corrected chi connectivity index (χ1v) is 11.7. The van der Waals surface area contributed by atoms with Crippen LogP contribution in [0, 0.1) is 5.41 Å². The summed E-state index contributed by atoms with van der Waals surface area (Å²) in [6.45, 7) is 10.3. The predicted molar refractivity (Wildman–Crippen MR) is 127 cm³/mol. The van der Waals surface area contributed by atoms with E-state index < -0.39 is 5.41 Å². The van der Waals surface area contributed by atoms with E-state index >= 15 is 0 Å². The maximum absolute atomic E-state index is 12.7. The lowest BCUT2D eigenvalue weighted by Crippen LogP contribution is -3.10. The number of benzene rings is 1. The number of thiophene rings is 1. The number of carbonyl (C=O) groups is 2. The van der Waals surface area contributed by atoms with Gasteiger partial charge in [-0.05, 0) is 24.7 Å². The minimum absolute atomic E-state index is 0.178. The molecule has 0 bridgehead atoms. The number of thiocarbonyl (C=S) groups is 1. The van der Waals surface area contributed by atoms with Crippen molar-refractivity contribution in [1.29, 1.82) is 0 Å². The molecular formula is C23H30N3O3S2+. The number of nitrogens with one attached hydrogen (secondary N) is 3. The van der Waals surface area contributed by atoms with Crippen LogP contribution in [0.5, 0.6) is 0 Å². The Morgan fingerprint density at radius 2 is 1.94 bits per heavy atom. The summed E-state index contributed by atoms with van der Waals surface area (Å²) in [6.07, 6.45) is 0.797. The second-order valence-corrected chi connectivity index (χ2v) is 10.2. The number of anilines is 1. The second-order valence-electron chi connectivity index (χ2n) is 8.68. The van der Waals surface area contributed by atoms with Gasteiger partial charge in [0.2, 0.25) is 5.91 Å². The van der Waals surface area contributed by atoms with E-state index in [2.05, 4.69) is 34.9 Å². The first kappa shape index (κ1) is 23.4. The van der Waals surface area contributed by atoms with Gasteiger partial charge in [-0.15, -0.1) is 11.3 Å². The number of quaternary nitrogens is 1. The van der Waals surface area contributed by atoms with Crippen molar-refractivity contribution in [3.63, 3.8) is 0 Å². The Balaban J connectivity index is 1.81. The molecule has 166 valence electrons. The Morgan fingerprint density at radius 1 is 1.23 bits per heavy atom. The number of rotatable bonds is 5. The standard InChI is InChI=1S/C23H29N3O3S2/c1-5-29-20(27)18-16-11-12-26(13-15-9-7-6-8-10-15)14-17(16)31-19(18)24-22(30)25-21(28)23(2,3)4/h6-10H,5,11-14H2,1-4H3,(H2,24,25,28,30)/p+1. The first-order chi connectivity index (χ1) is 14.7. The molecule has 0 radical (unpaired) electrons. The Labute approximate surface area is 193 Å². The minimum atomic E-state index is -0.564. The van der Waals surface area contributed by atoms with Crippen LogP contribution in [0.4, 0.5) is 5.00 Å². The third-order valence-corrected chi connectivity index (χ3v) is 6.49. The van der Waals surface area contributed by atoms with Crippen molar-refractivity contribution in [3.8, 4) is 0 Å². The van der Waals surface area contributed by atoms with Crippen molar-refractivity contribution in [2.75, 3.05) is 18.5 Å². The van der Waals surface area contributed by atoms with E-state index in [0.29, 0.717) is 17.2 Å². The summed E-state index contributed by atoms with van der Waals surface area (Å²) in [7, 11) is 0. The van der Waals surface area contributed by atoms with Gasteiger partial charge in [-0.3, -0.25) is 4.79 Å². The first-order valence-electron chi connectivity index (χ1n) is 10.5. The van der Waals surface area contributed by atoms with Crippen LogP contribution in [0.3, 0.4) is 0 Å². The molecule has 1 atom stereocenters. The van der Waals surface area contributed by atoms with E-state index in [0.717, 1.165) is 36.5 Å². The Kier molecular flexibility index (Phi) is 7.46. The summed E-state index contributed by atoms with van der Waals surface area (Å²) in [4.78, 5) is 27.6. The summed E-state index contributed by atoms with van der Waals surface area (Å²) < 4.78 is 5.32. The fourth-order valence-corrected chi connectivity index (χ4v) is 5.08. The number of hydrogen-bond donors (Lipinski definition) is 3. The van der Waals surface area contributed by atoms with Gasteiger partial charge in [0.05, 0.1) is 23.6 Å². The molecule has 8 heteroatoms. The van der Waals surface area contributed by atoms with E-state index in [-0.39, 0.29) is 17.0 Å². The van der Waals surface area contributed by atoms with Gasteiger partial charge < -0.3 is 20.3 Å². The number of hydrogen-bond acceptors (Lipinski definition) is 5. The summed E-state index contributed by atoms with van der Waals surface area (Å²) >= 11 is 6.87. The SMILES string of the molecule is CCOC(=O)c1c(NC(=S)NC(=O)C(C)(C)C)sc2c1CC[NH+](Cc1ccccc1)C2. The van der Waals surface area contributed by atoms with Crippen molar-refractivity contribution >= 4 is 45.5 Å². The predicted octanol–water partition coefficient (Wildman–Crippen LogP) is 2.93. The zero-order valence-corrected chi connectivity index (χ0v) is 20.1. The Bertz CT molecular complexity index is 964. The lowest BCUT2D eigenvalue weighted by molar-refractivity contribution is -0.929. The van der Waals surface area contributed by atoms with E-state index in [4.69, 9.17) is 17.0 Å². The summed E-state index contributed by atoms with van der Waals surface area (Å²) in [6, 6.07) is 10.4. The van der Waals surface area contributed by atoms with E-state index in [1.165, 1.54) is 21.8 Å². The molecule has 1 unspecified atom stereocenters. The average molecular weight is 461 g/mol. The van der Waals surface area contributed by atoms with Gasteiger partial charge in [0.1, 0.15) is 18.1 Å². The molecular weight excluding hydrogens is 430 g/mol. The largest absolute Gasteiger partial charge is 0.462 e. The van der Waals surface area contributed by atoms with Crippen LogP contribution >= 0.6 is 23.6 Å². The molecule has 3 rings (SSSR count). The molecule has 1 aromatic carbocycles. The molecule has 0 spiro atoms. The highest BCUT2D eigenvalue weighted by molar-refractivity contribution is 7.80. The van der Waals surface area contributed by atoms with Crippen LogP contribution in [0.15, 0.2) is 30.3 Å². The molecule has 0 saturated heterocycles. The summed E-state index contributed by atoms with van der Waals surface area (Å²) in [5.74, 6) is -0.526. The maximum atomic E-state index is 12.7. The molecule has 0 saturated carbocycles. The number of esters is 1. The van der Waals surface area contributed by atoms with Crippen molar-refractivity contribution < 1.29 is 19.2 Å². The van der Waals surface area contributed by atoms with Gasteiger partial charge in [0.25, 0.3) is 0 Å². The lowest BCUT2D eigenvalue weighted by Gasteiger charge is -2.24. The monoisotopic (exact) mass is 460 g/mol. The third kappa shape index (κ3) is 5.90. The number of carbonyl (C=O) groups excluding carboxylic acids is 2. The Hall–Kier alpha value is -2.29. The highest BCUT2D eigenvalue weighted by atomic mass is 32.1. The van der Waals surface area contributed by atoms with Gasteiger partial charge in [-0.2, -0.15) is 0 Å². The average Bonchev–Trinajstić information content (AvgIpc) is 3.05. The maximum Gasteiger partial charge on any atom is 0.341 e. The van der Waals surface area contributed by atoms with Crippen molar-refractivity contribution in [1.82, 2.24) is 5.32 Å². The van der Waals surface area contributed by atoms with Crippen LogP contribution in [0.2, 0.25) is 0 Å². The summed E-state index contributed by atoms with van der Waals surface area (Å²) in [5, 5.41) is 6.64. The highest BCUT2D eigenvalue weighted by Crippen LogP contribution is 2.35. The van der Waals surface area contributed by atoms with Crippen LogP contribution < -0.4 is 15.5 Å². The zero-order chi connectivity index (χ0) is 22.6. The fourth-order valence-electron chi connectivity index (χ4n) is 3.50. The van der Waals surface area contributed by atoms with Crippen molar-refractivity contribution in [2.24, 2.45) is 5.41 Å². The van der Waals surface area contributed by atoms with Gasteiger partial charge in [0.15, 0.2) is 5.11 Å². The molecule has 6 nitrogen and oxygen atoms in total. The molecule has 1 aromatic heterocycles. The van der Waals surface area contributed by atoms with E-state index in [9.17, 15) is 9.59 Å². The van der Waals surface area contributed by atoms with Gasteiger partial charge in [-0.25, -0.2) is 4.79 Å². The van der Waals surface area contributed by atoms with Gasteiger partial charge in [0, 0.05) is 17.4 Å². The molecule has 0 fully saturated rings. The molecule has 1 aliphatic rings. The molecule has 31 heavy (non-hydrogen) atoms. The Morgan fingerprint density at radius 3 is 2.58 bits per heavy atom. The second kappa shape index (κ2) is 9.89. The van der Waals surface area contributed by atoms with Gasteiger partial charge >= 0.3 is 5.97 Å². The van der Waals surface area contributed by atoms with Crippen LogP contribution in [-0.4, -0.2) is 30.1 Å². The smallest absolute Gasteiger partial charge is 0.341 e. The number of ether oxygens (including phenoxy) is 1. The molecule has 0 aliphatic carbocycles. The van der Waals surface area contributed by atoms with Crippen LogP contribution in [0.25, 0.3) is 0 Å². The molecule has 2 heterocycles. The third-order valence-electron chi connectivity index (χ3n) is 5.14. The molecule has 2 aromatic rings. The molecule has 3 N–H and O–H groups in total. The number of fused-ring (bicyclic) bond motifs is 1. The van der Waals surface area contributed by atoms with Crippen molar-refractivity contribution in [3.05, 3.63) is 51.9 Å². The minimum Gasteiger partial charge on any atom is -0.462 e. The zero-order valence-electron chi connectivity index (χ0n) is 18.5. The topological polar surface area (TPSA) is 71.9 Å². The van der Waals surface area contributed by atoms with E-state index in [1.54, 1.807) is 6.92 Å². The molecule has 1 amide bonds. The summed E-state index contributed by atoms with van der Waals surface area (Å²) in [5.41, 5.74) is 2.32. The normalized spacial score (nSPS) is 15.7. The number of amides is 1. The highest BCUT2D eigenvalue weighted by Gasteiger charge is 2.31. The van der Waals surface area contributed by atoms with E-state index in [1.807, 2.05) is 26.8 Å². The lowest BCUT2D eigenvalue weighted by atomic mass is 9.96. The van der Waals surface area contributed by atoms with Gasteiger partial charge in [-0.1, -0.05) is 51.1 Å². The fraction of sp³-hybridized carbons (Fsp3) is 0.435. The van der Waals surface area contributed by atoms with Crippen molar-refractivity contribution in [2.45, 2.75) is 47.2 Å². The van der Waals surface area contributed by atoms with Crippen LogP contribution in [-0.2, 0) is 29.0 Å². The quantitative estimate of drug-likeness (QED) is 0.473.